The summed E-state index contributed by atoms with van der Waals surface area (Å²) >= 11 is 3.24. The van der Waals surface area contributed by atoms with Crippen LogP contribution in [0.4, 0.5) is 0 Å². The van der Waals surface area contributed by atoms with Crippen LogP contribution in [0.1, 0.15) is 17.1 Å². The largest absolute Gasteiger partial charge is 0.465 e. The van der Waals surface area contributed by atoms with E-state index in [1.165, 1.54) is 0 Å². The predicted molar refractivity (Wildman–Crippen MR) is 79.5 cm³/mol. The Bertz CT molecular complexity index is 710. The zero-order valence-corrected chi connectivity index (χ0v) is 13.3. The maximum Gasteiger partial charge on any atom is 0.242 e. The fourth-order valence-electron chi connectivity index (χ4n) is 1.70. The molecule has 0 aliphatic rings. The molecule has 2 rings (SSSR count). The normalized spacial score (nSPS) is 11.8. The Balaban J connectivity index is 2.21. The van der Waals surface area contributed by atoms with Gasteiger partial charge in [-0.3, -0.25) is 0 Å². The standard InChI is InChI=1S/C13H15BrN2O3S/c1-9-2-4-11(19-9)8-16-20(17,18)13-6-10(7-15)3-5-12(13)14/h2-6,16H,7-8,15H2,1H3. The van der Waals surface area contributed by atoms with Gasteiger partial charge in [0.1, 0.15) is 11.5 Å². The summed E-state index contributed by atoms with van der Waals surface area (Å²) in [6.45, 7) is 2.20. The van der Waals surface area contributed by atoms with E-state index in [9.17, 15) is 8.42 Å². The Labute approximate surface area is 126 Å². The molecule has 2 aromatic rings. The van der Waals surface area contributed by atoms with Gasteiger partial charge in [-0.25, -0.2) is 13.1 Å². The lowest BCUT2D eigenvalue weighted by Crippen LogP contribution is -2.23. The van der Waals surface area contributed by atoms with E-state index >= 15 is 0 Å². The Morgan fingerprint density at radius 3 is 2.65 bits per heavy atom. The molecule has 0 aliphatic carbocycles. The highest BCUT2D eigenvalue weighted by Crippen LogP contribution is 2.23. The molecular weight excluding hydrogens is 344 g/mol. The van der Waals surface area contributed by atoms with Crippen LogP contribution >= 0.6 is 15.9 Å². The lowest BCUT2D eigenvalue weighted by atomic mass is 10.2. The monoisotopic (exact) mass is 358 g/mol. The molecular formula is C13H15BrN2O3S. The van der Waals surface area contributed by atoms with Crippen molar-refractivity contribution in [2.24, 2.45) is 5.73 Å². The molecule has 0 bridgehead atoms. The molecule has 0 unspecified atom stereocenters. The fraction of sp³-hybridized carbons (Fsp3) is 0.231. The highest BCUT2D eigenvalue weighted by Gasteiger charge is 2.18. The van der Waals surface area contributed by atoms with Crippen LogP contribution in [0.2, 0.25) is 0 Å². The van der Waals surface area contributed by atoms with Gasteiger partial charge < -0.3 is 10.2 Å². The number of nitrogens with one attached hydrogen (secondary N) is 1. The van der Waals surface area contributed by atoms with Crippen LogP contribution in [0, 0.1) is 6.92 Å². The van der Waals surface area contributed by atoms with Crippen molar-refractivity contribution in [2.45, 2.75) is 24.9 Å². The van der Waals surface area contributed by atoms with Crippen LogP contribution < -0.4 is 10.5 Å². The number of hydrogen-bond donors (Lipinski definition) is 2. The fourth-order valence-corrected chi connectivity index (χ4v) is 3.71. The van der Waals surface area contributed by atoms with E-state index in [2.05, 4.69) is 20.7 Å². The summed E-state index contributed by atoms with van der Waals surface area (Å²) in [4.78, 5) is 0.170. The van der Waals surface area contributed by atoms with Crippen LogP contribution in [0.5, 0.6) is 0 Å². The summed E-state index contributed by atoms with van der Waals surface area (Å²) in [5.41, 5.74) is 6.29. The third kappa shape index (κ3) is 3.49. The van der Waals surface area contributed by atoms with Crippen molar-refractivity contribution in [1.29, 1.82) is 0 Å². The molecule has 0 radical (unpaired) electrons. The van der Waals surface area contributed by atoms with Gasteiger partial charge in [-0.15, -0.1) is 0 Å². The van der Waals surface area contributed by atoms with E-state index < -0.39 is 10.0 Å². The maximum atomic E-state index is 12.3. The van der Waals surface area contributed by atoms with Crippen molar-refractivity contribution < 1.29 is 12.8 Å². The zero-order valence-electron chi connectivity index (χ0n) is 10.9. The first-order valence-corrected chi connectivity index (χ1v) is 8.23. The molecule has 3 N–H and O–H groups in total. The first-order valence-electron chi connectivity index (χ1n) is 5.96. The number of benzene rings is 1. The summed E-state index contributed by atoms with van der Waals surface area (Å²) in [6.07, 6.45) is 0. The van der Waals surface area contributed by atoms with Crippen molar-refractivity contribution in [2.75, 3.05) is 0 Å². The molecule has 0 atom stereocenters. The molecule has 7 heteroatoms. The quantitative estimate of drug-likeness (QED) is 0.858. The molecule has 5 nitrogen and oxygen atoms in total. The number of sulfonamides is 1. The molecule has 0 saturated carbocycles. The van der Waals surface area contributed by atoms with Crippen molar-refractivity contribution in [3.05, 3.63) is 51.9 Å². The lowest BCUT2D eigenvalue weighted by Gasteiger charge is -2.09. The maximum absolute atomic E-state index is 12.3. The minimum Gasteiger partial charge on any atom is -0.465 e. The van der Waals surface area contributed by atoms with E-state index in [-0.39, 0.29) is 18.0 Å². The molecule has 0 saturated heterocycles. The number of halogens is 1. The summed E-state index contributed by atoms with van der Waals surface area (Å²) < 4.78 is 32.9. The van der Waals surface area contributed by atoms with Gasteiger partial charge in [-0.1, -0.05) is 6.07 Å². The Morgan fingerprint density at radius 1 is 1.30 bits per heavy atom. The average molecular weight is 359 g/mol. The topological polar surface area (TPSA) is 85.3 Å². The Kier molecular flexibility index (Phi) is 4.64. The highest BCUT2D eigenvalue weighted by atomic mass is 79.9. The smallest absolute Gasteiger partial charge is 0.242 e. The zero-order chi connectivity index (χ0) is 14.8. The van der Waals surface area contributed by atoms with E-state index in [0.717, 1.165) is 11.3 Å². The second-order valence-electron chi connectivity index (χ2n) is 4.31. The van der Waals surface area contributed by atoms with Gasteiger partial charge in [0.25, 0.3) is 0 Å². The van der Waals surface area contributed by atoms with E-state index in [1.54, 1.807) is 37.3 Å². The predicted octanol–water partition coefficient (Wildman–Crippen LogP) is 2.29. The van der Waals surface area contributed by atoms with Crippen molar-refractivity contribution in [1.82, 2.24) is 4.72 Å². The van der Waals surface area contributed by atoms with Crippen LogP contribution in [0.25, 0.3) is 0 Å². The van der Waals surface area contributed by atoms with Crippen molar-refractivity contribution >= 4 is 26.0 Å². The summed E-state index contributed by atoms with van der Waals surface area (Å²) in [5.74, 6) is 1.31. The Morgan fingerprint density at radius 2 is 2.05 bits per heavy atom. The number of nitrogens with two attached hydrogens (primary N) is 1. The molecule has 0 fully saturated rings. The second-order valence-corrected chi connectivity index (χ2v) is 6.90. The minimum atomic E-state index is -3.62. The Hall–Kier alpha value is -1.15. The summed E-state index contributed by atoms with van der Waals surface area (Å²) in [7, 11) is -3.62. The van der Waals surface area contributed by atoms with E-state index in [0.29, 0.717) is 10.2 Å². The highest BCUT2D eigenvalue weighted by molar-refractivity contribution is 9.10. The molecule has 20 heavy (non-hydrogen) atoms. The molecule has 0 aliphatic heterocycles. The van der Waals surface area contributed by atoms with Gasteiger partial charge in [-0.05, 0) is 52.7 Å². The number of aryl methyl sites for hydroxylation is 1. The van der Waals surface area contributed by atoms with E-state index in [4.69, 9.17) is 10.2 Å². The third-order valence-electron chi connectivity index (χ3n) is 2.75. The number of rotatable bonds is 5. The second kappa shape index (κ2) is 6.09. The van der Waals surface area contributed by atoms with Crippen molar-refractivity contribution in [3.8, 4) is 0 Å². The summed E-state index contributed by atoms with van der Waals surface area (Å²) in [6, 6.07) is 8.53. The van der Waals surface area contributed by atoms with Gasteiger partial charge in [0, 0.05) is 11.0 Å². The van der Waals surface area contributed by atoms with Gasteiger partial charge in [-0.2, -0.15) is 0 Å². The van der Waals surface area contributed by atoms with Crippen LogP contribution in [0.15, 0.2) is 44.1 Å². The molecule has 0 spiro atoms. The van der Waals surface area contributed by atoms with E-state index in [1.807, 2.05) is 0 Å². The third-order valence-corrected chi connectivity index (χ3v) is 5.15. The molecule has 108 valence electrons. The van der Waals surface area contributed by atoms with Gasteiger partial charge in [0.2, 0.25) is 10.0 Å². The molecule has 1 heterocycles. The first-order chi connectivity index (χ1) is 9.42. The number of hydrogen-bond acceptors (Lipinski definition) is 4. The number of furan rings is 1. The molecule has 1 aromatic heterocycles. The molecule has 1 aromatic carbocycles. The lowest BCUT2D eigenvalue weighted by molar-refractivity contribution is 0.475. The van der Waals surface area contributed by atoms with Gasteiger partial charge >= 0.3 is 0 Å². The minimum absolute atomic E-state index is 0.107. The first kappa shape index (κ1) is 15.2. The van der Waals surface area contributed by atoms with Crippen LogP contribution in [-0.4, -0.2) is 8.42 Å². The van der Waals surface area contributed by atoms with Gasteiger partial charge in [0.15, 0.2) is 0 Å². The van der Waals surface area contributed by atoms with Crippen LogP contribution in [-0.2, 0) is 23.1 Å². The van der Waals surface area contributed by atoms with Crippen LogP contribution in [0.3, 0.4) is 0 Å². The molecule has 0 amide bonds. The SMILES string of the molecule is Cc1ccc(CNS(=O)(=O)c2cc(CN)ccc2Br)o1. The summed E-state index contributed by atoms with van der Waals surface area (Å²) in [5, 5.41) is 0. The van der Waals surface area contributed by atoms with Crippen molar-refractivity contribution in [3.63, 3.8) is 0 Å². The van der Waals surface area contributed by atoms with Gasteiger partial charge in [0.05, 0.1) is 11.4 Å². The average Bonchev–Trinajstić information content (AvgIpc) is 2.83.